The lowest BCUT2D eigenvalue weighted by Crippen LogP contribution is -2.24. The Morgan fingerprint density at radius 2 is 1.40 bits per heavy atom. The van der Waals surface area contributed by atoms with Crippen LogP contribution in [0.15, 0.2) is 64.0 Å². The van der Waals surface area contributed by atoms with Crippen molar-refractivity contribution in [3.05, 3.63) is 64.6 Å². The highest BCUT2D eigenvalue weighted by atomic mass is 15.1. The van der Waals surface area contributed by atoms with E-state index < -0.39 is 0 Å². The number of nitrogens with zero attached hydrogens (tertiary/aromatic N) is 3. The minimum absolute atomic E-state index is 0.0411. The van der Waals surface area contributed by atoms with Crippen molar-refractivity contribution >= 4 is 25.6 Å². The van der Waals surface area contributed by atoms with E-state index in [2.05, 4.69) is 112 Å². The van der Waals surface area contributed by atoms with Gasteiger partial charge in [-0.1, -0.05) is 78.3 Å². The molecule has 0 aliphatic heterocycles. The lowest BCUT2D eigenvalue weighted by Gasteiger charge is -2.19. The summed E-state index contributed by atoms with van der Waals surface area (Å²) >= 11 is 0. The average Bonchev–Trinajstić information content (AvgIpc) is 3.00. The van der Waals surface area contributed by atoms with Gasteiger partial charge < -0.3 is 0 Å². The second kappa shape index (κ2) is 12.1. The summed E-state index contributed by atoms with van der Waals surface area (Å²) in [4.78, 5) is 7.89. The van der Waals surface area contributed by atoms with E-state index in [9.17, 15) is 0 Å². The van der Waals surface area contributed by atoms with Gasteiger partial charge in [0, 0.05) is 16.0 Å². The van der Waals surface area contributed by atoms with Gasteiger partial charge in [0.2, 0.25) is 0 Å². The Hall–Kier alpha value is -2.75. The summed E-state index contributed by atoms with van der Waals surface area (Å²) in [5.74, 6) is 0. The van der Waals surface area contributed by atoms with Gasteiger partial charge in [0.05, 0.1) is 22.9 Å². The molecule has 1 aromatic rings. The number of fused-ring (bicyclic) bond motifs is 1. The molecular formula is C26H38N4. The Balaban J connectivity index is 0.000000266. The minimum atomic E-state index is 0.0411. The molecule has 0 fully saturated rings. The second-order valence-electron chi connectivity index (χ2n) is 8.09. The highest BCUT2D eigenvalue weighted by Gasteiger charge is 2.19. The molecule has 2 aliphatic rings. The first-order valence-electron chi connectivity index (χ1n) is 10.8. The van der Waals surface area contributed by atoms with Crippen molar-refractivity contribution in [1.29, 1.82) is 0 Å². The van der Waals surface area contributed by atoms with E-state index in [0.29, 0.717) is 0 Å². The summed E-state index contributed by atoms with van der Waals surface area (Å²) in [7, 11) is 0. The molecule has 2 aliphatic carbocycles. The quantitative estimate of drug-likeness (QED) is 0.658. The first-order chi connectivity index (χ1) is 14.3. The zero-order valence-corrected chi connectivity index (χ0v) is 19.6. The third-order valence-corrected chi connectivity index (χ3v) is 5.25. The van der Waals surface area contributed by atoms with Gasteiger partial charge in [0.1, 0.15) is 0 Å². The lowest BCUT2D eigenvalue weighted by atomic mass is 9.86. The molecule has 0 radical (unpaired) electrons. The van der Waals surface area contributed by atoms with E-state index in [1.807, 2.05) is 18.3 Å². The van der Waals surface area contributed by atoms with Gasteiger partial charge in [0.15, 0.2) is 0 Å². The van der Waals surface area contributed by atoms with Crippen LogP contribution in [-0.4, -0.2) is 23.6 Å². The van der Waals surface area contributed by atoms with Crippen LogP contribution in [0.1, 0.15) is 60.8 Å². The molecule has 1 heterocycles. The van der Waals surface area contributed by atoms with Crippen molar-refractivity contribution in [2.45, 2.75) is 60.8 Å². The molecule has 0 saturated heterocycles. The van der Waals surface area contributed by atoms with E-state index in [1.165, 1.54) is 11.6 Å². The van der Waals surface area contributed by atoms with Crippen LogP contribution in [0.4, 0.5) is 0 Å². The first-order valence-corrected chi connectivity index (χ1v) is 10.8. The molecule has 4 heteroatoms. The van der Waals surface area contributed by atoms with Gasteiger partial charge in [-0.2, -0.15) is 5.10 Å². The fraction of sp³-hybridized carbons (Fsp3) is 0.423. The maximum atomic E-state index is 4.02. The van der Waals surface area contributed by atoms with Crippen LogP contribution in [0.25, 0.3) is 12.2 Å². The van der Waals surface area contributed by atoms with Crippen LogP contribution >= 0.6 is 0 Å². The molecule has 162 valence electrons. The van der Waals surface area contributed by atoms with Crippen molar-refractivity contribution in [3.63, 3.8) is 0 Å². The molecule has 30 heavy (non-hydrogen) atoms. The molecule has 1 N–H and O–H groups in total. The van der Waals surface area contributed by atoms with Gasteiger partial charge in [0.25, 0.3) is 0 Å². The Morgan fingerprint density at radius 3 is 1.93 bits per heavy atom. The highest BCUT2D eigenvalue weighted by Crippen LogP contribution is 2.31. The van der Waals surface area contributed by atoms with Crippen LogP contribution in [0, 0.1) is 10.8 Å². The first kappa shape index (κ1) is 25.3. The molecule has 3 rings (SSSR count). The van der Waals surface area contributed by atoms with Gasteiger partial charge >= 0.3 is 0 Å². The molecule has 2 unspecified atom stereocenters. The third-order valence-electron chi connectivity index (χ3n) is 5.25. The summed E-state index contributed by atoms with van der Waals surface area (Å²) in [6.45, 7) is 20.1. The maximum absolute atomic E-state index is 4.02. The van der Waals surface area contributed by atoms with Crippen molar-refractivity contribution in [1.82, 2.24) is 10.2 Å². The predicted molar refractivity (Wildman–Crippen MR) is 133 cm³/mol. The van der Waals surface area contributed by atoms with Crippen molar-refractivity contribution in [3.8, 4) is 0 Å². The number of hydrogen-bond donors (Lipinski definition) is 1. The molecule has 0 amide bonds. The van der Waals surface area contributed by atoms with Crippen LogP contribution in [-0.2, 0) is 0 Å². The molecule has 0 bridgehead atoms. The maximum Gasteiger partial charge on any atom is 0.0875 e. The second-order valence-corrected chi connectivity index (χ2v) is 8.09. The minimum Gasteiger partial charge on any atom is -0.278 e. The van der Waals surface area contributed by atoms with Gasteiger partial charge in [-0.25, -0.2) is 0 Å². The van der Waals surface area contributed by atoms with Crippen molar-refractivity contribution in [2.75, 3.05) is 0 Å². The summed E-state index contributed by atoms with van der Waals surface area (Å²) in [6, 6.07) is 0. The van der Waals surface area contributed by atoms with E-state index in [0.717, 1.165) is 29.6 Å². The van der Waals surface area contributed by atoms with E-state index in [4.69, 9.17) is 0 Å². The summed E-state index contributed by atoms with van der Waals surface area (Å²) in [5.41, 5.74) is 1.81. The Morgan fingerprint density at radius 1 is 0.867 bits per heavy atom. The number of H-pyrrole nitrogens is 1. The summed E-state index contributed by atoms with van der Waals surface area (Å²) < 4.78 is 0. The summed E-state index contributed by atoms with van der Waals surface area (Å²) in [6.07, 6.45) is 22.1. The number of allylic oxidation sites excluding steroid dienone is 6. The number of aliphatic imine (C=N–C) groups is 2. The molecule has 0 saturated carbocycles. The number of hydrogen-bond acceptors (Lipinski definition) is 3. The normalized spacial score (nSPS) is 23.9. The van der Waals surface area contributed by atoms with Crippen molar-refractivity contribution in [2.24, 2.45) is 20.8 Å². The summed E-state index contributed by atoms with van der Waals surface area (Å²) in [5, 5.41) is 9.30. The molecule has 0 aromatic carbocycles. The predicted octanol–water partition coefficient (Wildman–Crippen LogP) is 5.51. The van der Waals surface area contributed by atoms with E-state index in [1.54, 1.807) is 0 Å². The number of aromatic nitrogens is 2. The SMILES string of the molecule is C=NC1=CC=CC(C)(CC)C=C1N=C.CCC.CCC1(C)C=CC=c2[nH]ncc2=C1. The average molecular weight is 407 g/mol. The Bertz CT molecular complexity index is 942. The molecule has 0 spiro atoms. The zero-order chi connectivity index (χ0) is 22.6. The highest BCUT2D eigenvalue weighted by molar-refractivity contribution is 5.47. The van der Waals surface area contributed by atoms with Crippen LogP contribution in [0.5, 0.6) is 0 Å². The van der Waals surface area contributed by atoms with E-state index >= 15 is 0 Å². The standard InChI is InChI=1S/C12H16N2.C11H14N2.C3H8/c1-5-12(2)8-6-7-10(13-3)11(9-12)14-4;1-3-11(2)6-4-5-10-9(7-11)8-12-13-10;1-3-2/h6-9H,3-5H2,1-2H3;4-8,13H,3H2,1-2H3;3H2,1-2H3. The van der Waals surface area contributed by atoms with Gasteiger partial charge in [-0.3, -0.25) is 15.1 Å². The topological polar surface area (TPSA) is 53.4 Å². The number of aromatic amines is 1. The van der Waals surface area contributed by atoms with Crippen LogP contribution in [0.2, 0.25) is 0 Å². The van der Waals surface area contributed by atoms with Crippen molar-refractivity contribution < 1.29 is 0 Å². The molecule has 2 atom stereocenters. The van der Waals surface area contributed by atoms with Crippen LogP contribution in [0.3, 0.4) is 0 Å². The number of rotatable bonds is 4. The molecule has 1 aromatic heterocycles. The van der Waals surface area contributed by atoms with Gasteiger partial charge in [-0.15, -0.1) is 0 Å². The smallest absolute Gasteiger partial charge is 0.0875 e. The molecular weight excluding hydrogens is 368 g/mol. The third kappa shape index (κ3) is 7.25. The zero-order valence-electron chi connectivity index (χ0n) is 19.6. The fourth-order valence-corrected chi connectivity index (χ4v) is 2.90. The Kier molecular flexibility index (Phi) is 10.2. The fourth-order valence-electron chi connectivity index (χ4n) is 2.90. The lowest BCUT2D eigenvalue weighted by molar-refractivity contribution is 0.528. The monoisotopic (exact) mass is 406 g/mol. The largest absolute Gasteiger partial charge is 0.278 e. The Labute approximate surface area is 182 Å². The van der Waals surface area contributed by atoms with Gasteiger partial charge in [-0.05, 0) is 44.5 Å². The van der Waals surface area contributed by atoms with Crippen LogP contribution < -0.4 is 10.6 Å². The molecule has 4 nitrogen and oxygen atoms in total. The van der Waals surface area contributed by atoms with E-state index in [-0.39, 0.29) is 10.8 Å². The number of nitrogens with one attached hydrogen (secondary N) is 1.